The Kier molecular flexibility index (Phi) is 4.82. The Morgan fingerprint density at radius 3 is 2.50 bits per heavy atom. The molecule has 0 rings (SSSR count). The molecule has 14 heavy (non-hydrogen) atoms. The molecule has 0 fully saturated rings. The van der Waals surface area contributed by atoms with E-state index in [1.54, 1.807) is 11.1 Å². The molecule has 0 aromatic carbocycles. The minimum Gasteiger partial charge on any atom is -0.672 e. The van der Waals surface area contributed by atoms with Crippen molar-refractivity contribution in [3.8, 4) is 0 Å². The fraction of sp³-hybridized carbons (Fsp3) is 0. The normalized spacial score (nSPS) is 11.3. The molecule has 0 bridgehead atoms. The summed E-state index contributed by atoms with van der Waals surface area (Å²) in [5.74, 6) is 4.47. The van der Waals surface area contributed by atoms with Gasteiger partial charge in [0.2, 0.25) is 10.4 Å². The van der Waals surface area contributed by atoms with Crippen LogP contribution >= 0.6 is 0 Å². The molecule has 4 N–H and O–H groups in total. The lowest BCUT2D eigenvalue weighted by Crippen LogP contribution is -2.44. The summed E-state index contributed by atoms with van der Waals surface area (Å²) in [6, 6.07) is 0. The maximum Gasteiger partial charge on any atom is 0.222 e. The molecule has 0 aliphatic carbocycles. The van der Waals surface area contributed by atoms with E-state index in [2.05, 4.69) is 26.8 Å². The Morgan fingerprint density at radius 2 is 2.07 bits per heavy atom. The molecule has 0 spiro atoms. The molecule has 0 aromatic rings. The predicted molar refractivity (Wildman–Crippen MR) is 36.0 cm³/mol. The lowest BCUT2D eigenvalue weighted by atomic mass is 12.0. The molecular formula is H4N10O4. The summed E-state index contributed by atoms with van der Waals surface area (Å²) in [5.41, 5.74) is 3.25. The number of nitro groups is 1. The van der Waals surface area contributed by atoms with Crippen molar-refractivity contribution >= 4 is 0 Å². The number of nitrogens with one attached hydrogen (secondary N) is 2. The Balaban J connectivity index is 4.04. The van der Waals surface area contributed by atoms with Gasteiger partial charge < -0.3 is 15.3 Å². The van der Waals surface area contributed by atoms with Crippen molar-refractivity contribution in [2.24, 2.45) is 26.8 Å². The van der Waals surface area contributed by atoms with Crippen LogP contribution in [0.3, 0.4) is 0 Å². The van der Waals surface area contributed by atoms with Gasteiger partial charge in [-0.2, -0.15) is 5.84 Å². The lowest BCUT2D eigenvalue weighted by molar-refractivity contribution is -0.607. The second-order valence-electron chi connectivity index (χ2n) is 1.40. The van der Waals surface area contributed by atoms with Crippen molar-refractivity contribution in [2.45, 2.75) is 0 Å². The van der Waals surface area contributed by atoms with Crippen molar-refractivity contribution in [1.29, 1.82) is 0 Å². The van der Waals surface area contributed by atoms with Gasteiger partial charge in [0.1, 0.15) is 10.5 Å². The first kappa shape index (κ1) is 11.4. The third-order valence-corrected chi connectivity index (χ3v) is 0.626. The standard InChI is InChI=1S/H4N10O4/c1-2-9(12)5-3-8(7-11)4-6-10(13)14/h3H,1H2,(H,2,5). The third kappa shape index (κ3) is 5.07. The van der Waals surface area contributed by atoms with E-state index < -0.39 is 5.03 Å². The molecular weight excluding hydrogens is 204 g/mol. The van der Waals surface area contributed by atoms with Gasteiger partial charge in [-0.3, -0.25) is 0 Å². The Hall–Kier alpha value is -2.64. The summed E-state index contributed by atoms with van der Waals surface area (Å²) in [5, 5.41) is 28.1. The quantitative estimate of drug-likeness (QED) is 0.115. The average Bonchev–Trinajstić information content (AvgIpc) is 2.17. The average molecular weight is 208 g/mol. The first-order chi connectivity index (χ1) is 6.60. The third-order valence-electron chi connectivity index (χ3n) is 0.626. The van der Waals surface area contributed by atoms with Crippen molar-refractivity contribution < 1.29 is 10.0 Å². The van der Waals surface area contributed by atoms with Gasteiger partial charge in [-0.25, -0.2) is 0 Å². The van der Waals surface area contributed by atoms with Crippen LogP contribution in [0.5, 0.6) is 0 Å². The summed E-state index contributed by atoms with van der Waals surface area (Å²) in [4.78, 5) is 19.2. The van der Waals surface area contributed by atoms with Gasteiger partial charge in [-0.15, -0.1) is 10.4 Å². The summed E-state index contributed by atoms with van der Waals surface area (Å²) in [6.07, 6.45) is 0. The van der Waals surface area contributed by atoms with Crippen LogP contribution in [0.4, 0.5) is 0 Å². The van der Waals surface area contributed by atoms with E-state index >= 15 is 0 Å². The molecule has 0 saturated carbocycles. The van der Waals surface area contributed by atoms with E-state index in [-0.39, 0.29) is 10.2 Å². The van der Waals surface area contributed by atoms with Gasteiger partial charge in [0, 0.05) is 0 Å². The Bertz CT molecular complexity index is 253. The number of rotatable bonds is 6. The number of hydrogen-bond acceptors (Lipinski definition) is 8. The largest absolute Gasteiger partial charge is 0.672 e. The van der Waals surface area contributed by atoms with Crippen LogP contribution in [0.25, 0.3) is 0 Å². The molecule has 0 saturated heterocycles. The molecule has 0 aliphatic heterocycles. The van der Waals surface area contributed by atoms with Crippen LogP contribution in [0.2, 0.25) is 0 Å². The summed E-state index contributed by atoms with van der Waals surface area (Å²) < 4.78 is 0. The summed E-state index contributed by atoms with van der Waals surface area (Å²) >= 11 is 0. The highest BCUT2D eigenvalue weighted by atomic mass is 16.7. The molecule has 0 radical (unpaired) electrons. The fourth-order valence-corrected chi connectivity index (χ4v) is 0.246. The smallest absolute Gasteiger partial charge is 0.222 e. The van der Waals surface area contributed by atoms with Crippen LogP contribution in [0.15, 0.2) is 21.0 Å². The zero-order valence-corrected chi connectivity index (χ0v) is 6.34. The maximum absolute atomic E-state index is 10.2. The molecule has 14 heteroatoms. The summed E-state index contributed by atoms with van der Waals surface area (Å²) in [7, 11) is 0. The van der Waals surface area contributed by atoms with E-state index in [1.807, 2.05) is 0 Å². The van der Waals surface area contributed by atoms with Crippen molar-refractivity contribution in [1.82, 2.24) is 16.3 Å². The minimum absolute atomic E-state index is 0.0428. The number of nitrogens with two attached hydrogens (primary N) is 1. The predicted octanol–water partition coefficient (Wildman–Crippen LogP) is -1.71. The highest BCUT2D eigenvalue weighted by Crippen LogP contribution is 1.84. The van der Waals surface area contributed by atoms with Gasteiger partial charge in [0.25, 0.3) is 0 Å². The van der Waals surface area contributed by atoms with E-state index in [4.69, 9.17) is 0 Å². The molecule has 0 amide bonds. The van der Waals surface area contributed by atoms with Crippen molar-refractivity contribution in [2.75, 3.05) is 0 Å². The van der Waals surface area contributed by atoms with E-state index in [9.17, 15) is 20.2 Å². The Morgan fingerprint density at radius 1 is 1.43 bits per heavy atom. The zero-order chi connectivity index (χ0) is 11.0. The topological polar surface area (TPSA) is 189 Å². The number of nitroso groups, excluding NO2 is 1. The zero-order valence-electron chi connectivity index (χ0n) is 6.34. The first-order valence-corrected chi connectivity index (χ1v) is 2.69. The molecule has 0 aliphatic rings. The number of nitrogens with zero attached hydrogens (tertiary/aromatic N) is 7. The van der Waals surface area contributed by atoms with Crippen molar-refractivity contribution in [3.63, 3.8) is 0 Å². The number of hydrazine groups is 3. The van der Waals surface area contributed by atoms with Crippen LogP contribution in [-0.4, -0.2) is 15.2 Å². The van der Waals surface area contributed by atoms with E-state index in [1.165, 1.54) is 0 Å². The van der Waals surface area contributed by atoms with Gasteiger partial charge in [0.05, 0.1) is 10.3 Å². The molecule has 0 unspecified atom stereocenters. The van der Waals surface area contributed by atoms with Crippen molar-refractivity contribution in [3.05, 3.63) is 20.2 Å². The first-order valence-electron chi connectivity index (χ1n) is 2.69. The van der Waals surface area contributed by atoms with Gasteiger partial charge in [-0.1, -0.05) is 0 Å². The van der Waals surface area contributed by atoms with Gasteiger partial charge in [-0.05, 0) is 10.5 Å². The lowest BCUT2D eigenvalue weighted by Gasteiger charge is -2.06. The highest BCUT2D eigenvalue weighted by Gasteiger charge is 2.07. The molecule has 0 heterocycles. The monoisotopic (exact) mass is 208 g/mol. The second-order valence-corrected chi connectivity index (χ2v) is 1.40. The minimum atomic E-state index is -1.19. The summed E-state index contributed by atoms with van der Waals surface area (Å²) in [6.45, 7) is 0. The van der Waals surface area contributed by atoms with Crippen LogP contribution in [0.1, 0.15) is 0 Å². The van der Waals surface area contributed by atoms with Gasteiger partial charge in [0.15, 0.2) is 0 Å². The number of hydrogen-bond donors (Lipinski definition) is 3. The van der Waals surface area contributed by atoms with E-state index in [0.717, 1.165) is 0 Å². The highest BCUT2D eigenvalue weighted by molar-refractivity contribution is 4.19. The SMILES string of the molecule is NN=[N+]([O-])NNN(N=O)N=N[N+](=O)[O-]. The fourth-order valence-electron chi connectivity index (χ4n) is 0.246. The molecule has 78 valence electrons. The second kappa shape index (κ2) is 5.94. The van der Waals surface area contributed by atoms with Crippen LogP contribution in [-0.2, 0) is 0 Å². The Labute approximate surface area is 74.6 Å². The van der Waals surface area contributed by atoms with Crippen LogP contribution < -0.4 is 16.9 Å². The maximum atomic E-state index is 10.2. The molecule has 0 atom stereocenters. The van der Waals surface area contributed by atoms with E-state index in [0.29, 0.717) is 0 Å². The molecule has 14 nitrogen and oxygen atoms in total. The van der Waals surface area contributed by atoms with Gasteiger partial charge >= 0.3 is 0 Å². The molecule has 0 aromatic heterocycles. The van der Waals surface area contributed by atoms with Crippen LogP contribution in [0, 0.1) is 20.2 Å².